The van der Waals surface area contributed by atoms with Crippen molar-refractivity contribution in [3.63, 3.8) is 0 Å². The number of fused-ring (bicyclic) bond motifs is 3. The molecule has 0 aliphatic heterocycles. The first-order chi connectivity index (χ1) is 16.0. The van der Waals surface area contributed by atoms with Gasteiger partial charge in [-0.15, -0.1) is 0 Å². The highest BCUT2D eigenvalue weighted by molar-refractivity contribution is 7.14. The highest BCUT2D eigenvalue weighted by Crippen LogP contribution is 2.36. The second-order valence-electron chi connectivity index (χ2n) is 7.33. The van der Waals surface area contributed by atoms with Crippen molar-refractivity contribution in [2.24, 2.45) is 0 Å². The van der Waals surface area contributed by atoms with Crippen molar-refractivity contribution in [3.05, 3.63) is 77.1 Å². The van der Waals surface area contributed by atoms with Gasteiger partial charge in [0, 0.05) is 11.5 Å². The number of anilines is 1. The molecule has 0 aliphatic rings. The van der Waals surface area contributed by atoms with E-state index in [1.807, 2.05) is 54.6 Å². The van der Waals surface area contributed by atoms with Crippen LogP contribution in [0.4, 0.5) is 5.82 Å². The number of rotatable bonds is 5. The van der Waals surface area contributed by atoms with Crippen LogP contribution < -0.4 is 25.5 Å². The molecule has 0 saturated carbocycles. The lowest BCUT2D eigenvalue weighted by Gasteiger charge is -2.11. The maximum Gasteiger partial charge on any atom is 0.267 e. The molecule has 33 heavy (non-hydrogen) atoms. The number of hydrogen-bond acceptors (Lipinski definition) is 6. The third kappa shape index (κ3) is 3.45. The van der Waals surface area contributed by atoms with Crippen LogP contribution in [0.2, 0.25) is 0 Å². The molecule has 2 heterocycles. The topological polar surface area (TPSA) is 93.5 Å². The Balaban J connectivity index is 1.65. The van der Waals surface area contributed by atoms with Gasteiger partial charge in [-0.3, -0.25) is 9.13 Å². The molecule has 0 spiro atoms. The molecular weight excluding hydrogens is 439 g/mol. The molecule has 1 atom stereocenters. The second kappa shape index (κ2) is 8.15. The molecule has 8 nitrogen and oxygen atoms in total. The van der Waals surface area contributed by atoms with Gasteiger partial charge in [0.1, 0.15) is 28.2 Å². The molecule has 0 amide bonds. The fourth-order valence-corrected chi connectivity index (χ4v) is 4.14. The average molecular weight is 460 g/mol. The normalized spacial score (nSPS) is 11.1. The van der Waals surface area contributed by atoms with Crippen molar-refractivity contribution in [2.45, 2.75) is 0 Å². The van der Waals surface area contributed by atoms with Gasteiger partial charge in [0.2, 0.25) is 0 Å². The summed E-state index contributed by atoms with van der Waals surface area (Å²) in [4.78, 5) is 13.1. The Bertz CT molecular complexity index is 1540. The number of pyridine rings is 1. The van der Waals surface area contributed by atoms with E-state index in [2.05, 4.69) is 14.5 Å². The van der Waals surface area contributed by atoms with Crippen LogP contribution in [0.3, 0.4) is 0 Å². The van der Waals surface area contributed by atoms with Crippen molar-refractivity contribution in [2.75, 3.05) is 20.0 Å². The van der Waals surface area contributed by atoms with Crippen LogP contribution >= 0.6 is 9.39 Å². The van der Waals surface area contributed by atoms with Crippen LogP contribution in [0.5, 0.6) is 23.0 Å². The van der Waals surface area contributed by atoms with E-state index in [4.69, 9.17) is 19.9 Å². The Morgan fingerprint density at radius 1 is 0.909 bits per heavy atom. The number of benzene rings is 3. The summed E-state index contributed by atoms with van der Waals surface area (Å²) >= 11 is 0. The first-order valence-electron chi connectivity index (χ1n) is 10.1. The molecule has 2 aromatic heterocycles. The van der Waals surface area contributed by atoms with Crippen molar-refractivity contribution in [3.8, 4) is 28.7 Å². The van der Waals surface area contributed by atoms with Gasteiger partial charge in [0.05, 0.1) is 25.4 Å². The van der Waals surface area contributed by atoms with E-state index in [9.17, 15) is 4.79 Å². The van der Waals surface area contributed by atoms with Gasteiger partial charge in [-0.2, -0.15) is 5.10 Å². The SMILES string of the molecule is COc1cc2c3nn(-c4ccc(Oc5ccccc5)cc4)c(N)c3c(=O)n(P)c2cc1OC. The predicted molar refractivity (Wildman–Crippen MR) is 132 cm³/mol. The maximum atomic E-state index is 13.1. The minimum Gasteiger partial charge on any atom is -0.493 e. The molecular formula is C24H21N4O4P. The molecule has 5 rings (SSSR count). The van der Waals surface area contributed by atoms with E-state index in [0.717, 1.165) is 5.75 Å². The molecule has 1 unspecified atom stereocenters. The summed E-state index contributed by atoms with van der Waals surface area (Å²) in [6, 6.07) is 20.4. The minimum absolute atomic E-state index is 0.250. The molecule has 166 valence electrons. The molecule has 0 saturated heterocycles. The number of para-hydroxylation sites is 1. The Hall–Kier alpha value is -4.03. The van der Waals surface area contributed by atoms with Gasteiger partial charge in [0.25, 0.3) is 5.56 Å². The van der Waals surface area contributed by atoms with E-state index in [-0.39, 0.29) is 11.4 Å². The van der Waals surface area contributed by atoms with Gasteiger partial charge < -0.3 is 19.9 Å². The number of methoxy groups -OCH3 is 2. The molecule has 2 N–H and O–H groups in total. The zero-order valence-corrected chi connectivity index (χ0v) is 19.1. The molecule has 0 aliphatic carbocycles. The van der Waals surface area contributed by atoms with Crippen molar-refractivity contribution < 1.29 is 14.2 Å². The van der Waals surface area contributed by atoms with Gasteiger partial charge in [-0.1, -0.05) is 18.2 Å². The van der Waals surface area contributed by atoms with Crippen molar-refractivity contribution in [1.29, 1.82) is 0 Å². The second-order valence-corrected chi connectivity index (χ2v) is 7.85. The highest BCUT2D eigenvalue weighted by atomic mass is 31.0. The summed E-state index contributed by atoms with van der Waals surface area (Å²) in [5.41, 5.74) is 7.95. The Morgan fingerprint density at radius 3 is 2.21 bits per heavy atom. The van der Waals surface area contributed by atoms with Crippen LogP contribution in [-0.2, 0) is 0 Å². The molecule has 3 aromatic carbocycles. The number of aromatic nitrogens is 3. The summed E-state index contributed by atoms with van der Waals surface area (Å²) in [6.07, 6.45) is 0. The zero-order valence-electron chi connectivity index (χ0n) is 18.0. The van der Waals surface area contributed by atoms with Gasteiger partial charge in [-0.25, -0.2) is 4.68 Å². The number of nitrogens with two attached hydrogens (primary N) is 1. The molecule has 0 fully saturated rings. The molecule has 0 bridgehead atoms. The van der Waals surface area contributed by atoms with Gasteiger partial charge in [0.15, 0.2) is 11.5 Å². The van der Waals surface area contributed by atoms with Crippen molar-refractivity contribution >= 4 is 37.0 Å². The average Bonchev–Trinajstić information content (AvgIpc) is 3.20. The maximum absolute atomic E-state index is 13.1. The number of nitrogen functional groups attached to an aromatic ring is 1. The van der Waals surface area contributed by atoms with Crippen LogP contribution in [0.1, 0.15) is 0 Å². The fraction of sp³-hybridized carbons (Fsp3) is 0.0833. The minimum atomic E-state index is -0.275. The quantitative estimate of drug-likeness (QED) is 0.392. The molecule has 5 aromatic rings. The Labute approximate surface area is 191 Å². The predicted octanol–water partition coefficient (Wildman–Crippen LogP) is 4.37. The lowest BCUT2D eigenvalue weighted by atomic mass is 10.1. The Morgan fingerprint density at radius 2 is 1.55 bits per heavy atom. The first-order valence-corrected chi connectivity index (χ1v) is 10.6. The van der Waals surface area contributed by atoms with E-state index in [1.165, 1.54) is 4.34 Å². The van der Waals surface area contributed by atoms with Crippen molar-refractivity contribution in [1.82, 2.24) is 14.1 Å². The smallest absolute Gasteiger partial charge is 0.267 e. The summed E-state index contributed by atoms with van der Waals surface area (Å²) in [6.45, 7) is 0. The van der Waals surface area contributed by atoms with E-state index in [0.29, 0.717) is 44.7 Å². The van der Waals surface area contributed by atoms with Crippen LogP contribution in [0, 0.1) is 0 Å². The monoisotopic (exact) mass is 460 g/mol. The van der Waals surface area contributed by atoms with Crippen LogP contribution in [0.25, 0.3) is 27.5 Å². The standard InChI is InChI=1S/C24H21N4O4P/c1-30-19-12-17-18(13-20(19)31-2)28(33)24(29)21-22(17)26-27(23(21)25)14-8-10-16(11-9-14)32-15-6-4-3-5-7-15/h3-13H,25,33H2,1-2H3. The summed E-state index contributed by atoms with van der Waals surface area (Å²) in [5, 5.41) is 5.73. The Kier molecular flexibility index (Phi) is 5.15. The summed E-state index contributed by atoms with van der Waals surface area (Å²) in [5.74, 6) is 2.72. The van der Waals surface area contributed by atoms with E-state index in [1.54, 1.807) is 31.0 Å². The molecule has 9 heteroatoms. The summed E-state index contributed by atoms with van der Waals surface area (Å²) in [7, 11) is 5.54. The van der Waals surface area contributed by atoms with E-state index < -0.39 is 0 Å². The molecule has 0 radical (unpaired) electrons. The highest BCUT2D eigenvalue weighted by Gasteiger charge is 2.20. The third-order valence-corrected chi connectivity index (χ3v) is 5.94. The largest absolute Gasteiger partial charge is 0.493 e. The lowest BCUT2D eigenvalue weighted by Crippen LogP contribution is -2.14. The third-order valence-electron chi connectivity index (χ3n) is 5.43. The van der Waals surface area contributed by atoms with E-state index >= 15 is 0 Å². The summed E-state index contributed by atoms with van der Waals surface area (Å²) < 4.78 is 19.7. The van der Waals surface area contributed by atoms with Gasteiger partial charge in [-0.05, 0) is 51.9 Å². The first kappa shape index (κ1) is 20.8. The van der Waals surface area contributed by atoms with Crippen LogP contribution in [-0.4, -0.2) is 28.3 Å². The number of ether oxygens (including phenoxy) is 3. The van der Waals surface area contributed by atoms with Crippen LogP contribution in [0.15, 0.2) is 71.5 Å². The zero-order chi connectivity index (χ0) is 23.1. The van der Waals surface area contributed by atoms with Gasteiger partial charge >= 0.3 is 0 Å². The number of nitrogens with zero attached hydrogens (tertiary/aromatic N) is 3. The number of hydrogen-bond donors (Lipinski definition) is 1. The lowest BCUT2D eigenvalue weighted by molar-refractivity contribution is 0.356. The fourth-order valence-electron chi connectivity index (χ4n) is 3.79.